The molecule has 1 N–H and O–H groups in total. The molecule has 0 saturated heterocycles. The van der Waals surface area contributed by atoms with Crippen LogP contribution >= 0.6 is 0 Å². The largest absolute Gasteiger partial charge is 0.493 e. The molecule has 0 radical (unpaired) electrons. The molecule has 1 aliphatic heterocycles. The van der Waals surface area contributed by atoms with Crippen LogP contribution in [-0.2, 0) is 11.3 Å². The number of carbonyl (C=O) groups is 1. The molecule has 120 valence electrons. The molecule has 0 bridgehead atoms. The molecule has 1 aliphatic rings. The Labute approximate surface area is 133 Å². The normalized spacial score (nSPS) is 13.3. The first-order valence-electron chi connectivity index (χ1n) is 7.17. The predicted octanol–water partition coefficient (Wildman–Crippen LogP) is 2.80. The molecule has 1 amide bonds. The van der Waals surface area contributed by atoms with E-state index in [2.05, 4.69) is 5.32 Å². The van der Waals surface area contributed by atoms with Gasteiger partial charge in [0.1, 0.15) is 5.82 Å². The molecule has 2 aromatic carbocycles. The van der Waals surface area contributed by atoms with Gasteiger partial charge in [-0.2, -0.15) is 0 Å². The first kappa shape index (κ1) is 15.1. The number of carbonyl (C=O) groups excluding carboxylic acids is 1. The van der Waals surface area contributed by atoms with Gasteiger partial charge < -0.3 is 19.7 Å². The molecule has 3 rings (SSSR count). The SMILES string of the molecule is COc1cc2c(cc1OC)N(Cc1ccccc1F)C(=O)CN2. The van der Waals surface area contributed by atoms with Gasteiger partial charge in [0.2, 0.25) is 5.91 Å². The van der Waals surface area contributed by atoms with Gasteiger partial charge in [0.05, 0.1) is 38.7 Å². The van der Waals surface area contributed by atoms with Gasteiger partial charge in [-0.05, 0) is 6.07 Å². The number of nitrogens with zero attached hydrogens (tertiary/aromatic N) is 1. The second-order valence-corrected chi connectivity index (χ2v) is 5.15. The Balaban J connectivity index is 2.02. The van der Waals surface area contributed by atoms with Gasteiger partial charge in [-0.25, -0.2) is 4.39 Å². The Morgan fingerprint density at radius 1 is 1.17 bits per heavy atom. The summed E-state index contributed by atoms with van der Waals surface area (Å²) in [5.41, 5.74) is 1.85. The van der Waals surface area contributed by atoms with Crippen LogP contribution in [0.25, 0.3) is 0 Å². The maximum absolute atomic E-state index is 13.9. The van der Waals surface area contributed by atoms with E-state index in [9.17, 15) is 9.18 Å². The number of amides is 1. The van der Waals surface area contributed by atoms with Gasteiger partial charge in [0.25, 0.3) is 0 Å². The summed E-state index contributed by atoms with van der Waals surface area (Å²) in [4.78, 5) is 13.8. The molecule has 0 saturated carbocycles. The van der Waals surface area contributed by atoms with Crippen LogP contribution in [0.2, 0.25) is 0 Å². The van der Waals surface area contributed by atoms with Crippen molar-refractivity contribution in [1.29, 1.82) is 0 Å². The van der Waals surface area contributed by atoms with Crippen molar-refractivity contribution < 1.29 is 18.7 Å². The van der Waals surface area contributed by atoms with Crippen LogP contribution in [0.3, 0.4) is 0 Å². The summed E-state index contributed by atoms with van der Waals surface area (Å²) >= 11 is 0. The molecule has 0 aromatic heterocycles. The third kappa shape index (κ3) is 2.79. The average molecular weight is 316 g/mol. The number of benzene rings is 2. The van der Waals surface area contributed by atoms with Crippen molar-refractivity contribution in [1.82, 2.24) is 0 Å². The smallest absolute Gasteiger partial charge is 0.246 e. The highest BCUT2D eigenvalue weighted by molar-refractivity contribution is 6.03. The Hall–Kier alpha value is -2.76. The highest BCUT2D eigenvalue weighted by Gasteiger charge is 2.26. The number of hydrogen-bond acceptors (Lipinski definition) is 4. The molecule has 0 atom stereocenters. The number of halogens is 1. The lowest BCUT2D eigenvalue weighted by Crippen LogP contribution is -2.39. The van der Waals surface area contributed by atoms with Crippen molar-refractivity contribution in [2.45, 2.75) is 6.54 Å². The number of anilines is 2. The van der Waals surface area contributed by atoms with E-state index in [1.54, 1.807) is 42.3 Å². The second kappa shape index (κ2) is 6.16. The lowest BCUT2D eigenvalue weighted by atomic mass is 10.1. The van der Waals surface area contributed by atoms with Gasteiger partial charge in [-0.1, -0.05) is 18.2 Å². The molecule has 1 heterocycles. The summed E-state index contributed by atoms with van der Waals surface area (Å²) < 4.78 is 24.5. The Morgan fingerprint density at radius 3 is 2.57 bits per heavy atom. The zero-order valence-electron chi connectivity index (χ0n) is 12.9. The number of nitrogens with one attached hydrogen (secondary N) is 1. The summed E-state index contributed by atoms with van der Waals surface area (Å²) in [7, 11) is 3.08. The highest BCUT2D eigenvalue weighted by Crippen LogP contribution is 2.40. The minimum atomic E-state index is -0.333. The van der Waals surface area contributed by atoms with E-state index >= 15 is 0 Å². The summed E-state index contributed by atoms with van der Waals surface area (Å²) in [6.45, 7) is 0.312. The quantitative estimate of drug-likeness (QED) is 0.942. The van der Waals surface area contributed by atoms with Crippen molar-refractivity contribution in [3.05, 3.63) is 47.8 Å². The van der Waals surface area contributed by atoms with E-state index in [0.717, 1.165) is 5.69 Å². The van der Waals surface area contributed by atoms with E-state index in [1.165, 1.54) is 13.2 Å². The van der Waals surface area contributed by atoms with Crippen molar-refractivity contribution in [3.8, 4) is 11.5 Å². The van der Waals surface area contributed by atoms with Crippen LogP contribution in [0.1, 0.15) is 5.56 Å². The number of rotatable bonds is 4. The maximum atomic E-state index is 13.9. The van der Waals surface area contributed by atoms with E-state index in [0.29, 0.717) is 22.7 Å². The van der Waals surface area contributed by atoms with E-state index < -0.39 is 0 Å². The third-order valence-electron chi connectivity index (χ3n) is 3.81. The van der Waals surface area contributed by atoms with Crippen molar-refractivity contribution >= 4 is 17.3 Å². The standard InChI is InChI=1S/C17H17FN2O3/c1-22-15-7-13-14(8-16(15)23-2)20(17(21)9-19-13)10-11-5-3-4-6-12(11)18/h3-8,19H,9-10H2,1-2H3. The first-order chi connectivity index (χ1) is 11.1. The fraction of sp³-hybridized carbons (Fsp3) is 0.235. The minimum absolute atomic E-state index is 0.132. The number of methoxy groups -OCH3 is 2. The average Bonchev–Trinajstić information content (AvgIpc) is 2.58. The Bertz CT molecular complexity index is 749. The summed E-state index contributed by atoms with van der Waals surface area (Å²) in [6.07, 6.45) is 0. The fourth-order valence-electron chi connectivity index (χ4n) is 2.60. The van der Waals surface area contributed by atoms with Crippen LogP contribution in [0.15, 0.2) is 36.4 Å². The van der Waals surface area contributed by atoms with Crippen LogP contribution in [-0.4, -0.2) is 26.7 Å². The molecule has 2 aromatic rings. The lowest BCUT2D eigenvalue weighted by Gasteiger charge is -2.31. The second-order valence-electron chi connectivity index (χ2n) is 5.15. The molecule has 0 unspecified atom stereocenters. The molecule has 0 fully saturated rings. The molecule has 0 aliphatic carbocycles. The zero-order valence-corrected chi connectivity index (χ0v) is 12.9. The number of fused-ring (bicyclic) bond motifs is 1. The van der Waals surface area contributed by atoms with Crippen molar-refractivity contribution in [3.63, 3.8) is 0 Å². The predicted molar refractivity (Wildman–Crippen MR) is 85.6 cm³/mol. The van der Waals surface area contributed by atoms with Gasteiger partial charge in [-0.15, -0.1) is 0 Å². The van der Waals surface area contributed by atoms with Crippen LogP contribution in [0.5, 0.6) is 11.5 Å². The third-order valence-corrected chi connectivity index (χ3v) is 3.81. The van der Waals surface area contributed by atoms with Gasteiger partial charge >= 0.3 is 0 Å². The fourth-order valence-corrected chi connectivity index (χ4v) is 2.60. The molecular formula is C17H17FN2O3. The molecule has 5 nitrogen and oxygen atoms in total. The Kier molecular flexibility index (Phi) is 4.06. The molecule has 23 heavy (non-hydrogen) atoms. The summed E-state index contributed by atoms with van der Waals surface area (Å²) in [5, 5.41) is 3.05. The zero-order chi connectivity index (χ0) is 16.4. The van der Waals surface area contributed by atoms with Crippen molar-refractivity contribution in [2.24, 2.45) is 0 Å². The van der Waals surface area contributed by atoms with E-state index in [-0.39, 0.29) is 24.8 Å². The summed E-state index contributed by atoms with van der Waals surface area (Å²) in [6, 6.07) is 9.93. The Morgan fingerprint density at radius 2 is 1.87 bits per heavy atom. The van der Waals surface area contributed by atoms with Crippen LogP contribution in [0, 0.1) is 5.82 Å². The molecular weight excluding hydrogens is 299 g/mol. The molecule has 0 spiro atoms. The summed E-state index contributed by atoms with van der Waals surface area (Å²) in [5.74, 6) is 0.619. The monoisotopic (exact) mass is 316 g/mol. The van der Waals surface area contributed by atoms with Crippen molar-refractivity contribution in [2.75, 3.05) is 31.0 Å². The van der Waals surface area contributed by atoms with E-state index in [4.69, 9.17) is 9.47 Å². The maximum Gasteiger partial charge on any atom is 0.246 e. The molecule has 6 heteroatoms. The number of ether oxygens (including phenoxy) is 2. The lowest BCUT2D eigenvalue weighted by molar-refractivity contribution is -0.117. The van der Waals surface area contributed by atoms with E-state index in [1.807, 2.05) is 0 Å². The highest BCUT2D eigenvalue weighted by atomic mass is 19.1. The minimum Gasteiger partial charge on any atom is -0.493 e. The van der Waals surface area contributed by atoms with Crippen LogP contribution in [0.4, 0.5) is 15.8 Å². The van der Waals surface area contributed by atoms with Gasteiger partial charge in [0.15, 0.2) is 11.5 Å². The first-order valence-corrected chi connectivity index (χ1v) is 7.17. The van der Waals surface area contributed by atoms with Crippen LogP contribution < -0.4 is 19.7 Å². The van der Waals surface area contributed by atoms with Gasteiger partial charge in [0, 0.05) is 17.7 Å². The topological polar surface area (TPSA) is 50.8 Å². The number of hydrogen-bond donors (Lipinski definition) is 1. The van der Waals surface area contributed by atoms with Gasteiger partial charge in [-0.3, -0.25) is 4.79 Å².